The molecule has 5 nitrogen and oxygen atoms in total. The van der Waals surface area contributed by atoms with E-state index in [9.17, 15) is 0 Å². The Morgan fingerprint density at radius 2 is 1.95 bits per heavy atom. The Balaban J connectivity index is 1.99. The molecule has 2 aromatic rings. The highest BCUT2D eigenvalue weighted by molar-refractivity contribution is 6.15. The van der Waals surface area contributed by atoms with E-state index < -0.39 is 0 Å². The molecule has 0 saturated heterocycles. The summed E-state index contributed by atoms with van der Waals surface area (Å²) in [6.07, 6.45) is 0. The van der Waals surface area contributed by atoms with Crippen LogP contribution in [0.1, 0.15) is 16.7 Å². The van der Waals surface area contributed by atoms with Gasteiger partial charge in [0.05, 0.1) is 12.3 Å². The van der Waals surface area contributed by atoms with Crippen LogP contribution < -0.4 is 16.5 Å². The normalized spacial score (nSPS) is 14.4. The maximum absolute atomic E-state index is 6.12. The van der Waals surface area contributed by atoms with Gasteiger partial charge in [-0.2, -0.15) is 5.10 Å². The lowest BCUT2D eigenvalue weighted by Gasteiger charge is -2.11. The van der Waals surface area contributed by atoms with Gasteiger partial charge in [-0.1, -0.05) is 48.0 Å². The van der Waals surface area contributed by atoms with Gasteiger partial charge in [0, 0.05) is 23.4 Å². The molecule has 1 heterocycles. The van der Waals surface area contributed by atoms with Crippen LogP contribution in [-0.4, -0.2) is 24.8 Å². The largest absolute Gasteiger partial charge is 0.398 e. The Kier molecular flexibility index (Phi) is 4.05. The van der Waals surface area contributed by atoms with Crippen LogP contribution in [0, 0.1) is 6.92 Å². The highest BCUT2D eigenvalue weighted by atomic mass is 15.4. The number of nitrogens with two attached hydrogens (primary N) is 1. The molecule has 0 bridgehead atoms. The van der Waals surface area contributed by atoms with E-state index in [1.54, 1.807) is 0 Å². The monoisotopic (exact) mass is 293 g/mol. The fraction of sp³-hybridized carbons (Fsp3) is 0.176. The number of hydrogen-bond acceptors (Lipinski definition) is 5. The first-order chi connectivity index (χ1) is 10.7. The standard InChI is InChI=1S/C17H19N5/c1-12-6-8-13(9-7-12)16(14-4-2-3-5-15(14)18)21-22-17-19-10-11-20-17/h2-9H,10-11,18H2,1H3,(H2,19,20,22)/b21-16-. The van der Waals surface area contributed by atoms with E-state index >= 15 is 0 Å². The molecule has 22 heavy (non-hydrogen) atoms. The average Bonchev–Trinajstić information content (AvgIpc) is 3.04. The van der Waals surface area contributed by atoms with Crippen molar-refractivity contribution in [1.29, 1.82) is 0 Å². The average molecular weight is 293 g/mol. The van der Waals surface area contributed by atoms with Crippen LogP contribution in [0.15, 0.2) is 58.6 Å². The molecular formula is C17H19N5. The number of anilines is 1. The highest BCUT2D eigenvalue weighted by Crippen LogP contribution is 2.17. The molecule has 0 spiro atoms. The second-order valence-electron chi connectivity index (χ2n) is 5.18. The van der Waals surface area contributed by atoms with Crippen molar-refractivity contribution in [2.45, 2.75) is 6.92 Å². The van der Waals surface area contributed by atoms with Crippen molar-refractivity contribution in [3.8, 4) is 0 Å². The number of hydrogen-bond donors (Lipinski definition) is 3. The van der Waals surface area contributed by atoms with Gasteiger partial charge in [0.2, 0.25) is 5.96 Å². The van der Waals surface area contributed by atoms with Crippen molar-refractivity contribution in [2.75, 3.05) is 18.8 Å². The van der Waals surface area contributed by atoms with Crippen LogP contribution in [0.25, 0.3) is 0 Å². The molecule has 0 aliphatic carbocycles. The van der Waals surface area contributed by atoms with Gasteiger partial charge < -0.3 is 11.1 Å². The molecule has 5 heteroatoms. The van der Waals surface area contributed by atoms with Gasteiger partial charge in [-0.3, -0.25) is 0 Å². The van der Waals surface area contributed by atoms with Gasteiger partial charge >= 0.3 is 0 Å². The minimum absolute atomic E-state index is 0.694. The van der Waals surface area contributed by atoms with Gasteiger partial charge in [-0.25, -0.2) is 10.4 Å². The third kappa shape index (κ3) is 3.09. The van der Waals surface area contributed by atoms with E-state index in [0.29, 0.717) is 11.6 Å². The van der Waals surface area contributed by atoms with E-state index in [-0.39, 0.29) is 0 Å². The molecule has 0 saturated carbocycles. The summed E-state index contributed by atoms with van der Waals surface area (Å²) >= 11 is 0. The zero-order chi connectivity index (χ0) is 15.4. The smallest absolute Gasteiger partial charge is 0.212 e. The van der Waals surface area contributed by atoms with Crippen molar-refractivity contribution in [3.63, 3.8) is 0 Å². The summed E-state index contributed by atoms with van der Waals surface area (Å²) in [7, 11) is 0. The van der Waals surface area contributed by atoms with Crippen LogP contribution >= 0.6 is 0 Å². The molecule has 0 radical (unpaired) electrons. The van der Waals surface area contributed by atoms with Crippen molar-refractivity contribution < 1.29 is 0 Å². The molecule has 0 aromatic heterocycles. The van der Waals surface area contributed by atoms with E-state index in [4.69, 9.17) is 5.73 Å². The van der Waals surface area contributed by atoms with E-state index in [0.717, 1.165) is 29.9 Å². The quantitative estimate of drug-likeness (QED) is 0.459. The molecule has 112 valence electrons. The fourth-order valence-electron chi connectivity index (χ4n) is 2.29. The van der Waals surface area contributed by atoms with Crippen molar-refractivity contribution >= 4 is 17.4 Å². The number of benzene rings is 2. The Morgan fingerprint density at radius 1 is 1.18 bits per heavy atom. The van der Waals surface area contributed by atoms with Crippen molar-refractivity contribution in [2.24, 2.45) is 10.1 Å². The first kappa shape index (κ1) is 14.1. The molecule has 3 rings (SSSR count). The zero-order valence-corrected chi connectivity index (χ0v) is 12.5. The summed E-state index contributed by atoms with van der Waals surface area (Å²) in [6.45, 7) is 3.67. The minimum Gasteiger partial charge on any atom is -0.398 e. The number of nitrogens with one attached hydrogen (secondary N) is 2. The Hall–Kier alpha value is -2.82. The predicted molar refractivity (Wildman–Crippen MR) is 91.1 cm³/mol. The summed E-state index contributed by atoms with van der Waals surface area (Å²) in [5, 5.41) is 7.67. The molecule has 0 amide bonds. The first-order valence-electron chi connectivity index (χ1n) is 7.28. The van der Waals surface area contributed by atoms with Crippen LogP contribution in [-0.2, 0) is 0 Å². The van der Waals surface area contributed by atoms with Crippen LogP contribution in [0.4, 0.5) is 5.69 Å². The number of nitrogens with zero attached hydrogens (tertiary/aromatic N) is 2. The first-order valence-corrected chi connectivity index (χ1v) is 7.28. The maximum atomic E-state index is 6.12. The van der Waals surface area contributed by atoms with Gasteiger partial charge in [-0.05, 0) is 13.0 Å². The summed E-state index contributed by atoms with van der Waals surface area (Å²) in [5.41, 5.74) is 13.7. The topological polar surface area (TPSA) is 74.8 Å². The third-order valence-corrected chi connectivity index (χ3v) is 3.49. The maximum Gasteiger partial charge on any atom is 0.212 e. The lowest BCUT2D eigenvalue weighted by atomic mass is 10.00. The van der Waals surface area contributed by atoms with E-state index in [1.807, 2.05) is 36.4 Å². The van der Waals surface area contributed by atoms with E-state index in [1.165, 1.54) is 5.56 Å². The number of aryl methyl sites for hydroxylation is 1. The van der Waals surface area contributed by atoms with Crippen molar-refractivity contribution in [1.82, 2.24) is 10.7 Å². The van der Waals surface area contributed by atoms with Gasteiger partial charge in [-0.15, -0.1) is 0 Å². The molecule has 2 aromatic carbocycles. The number of guanidine groups is 1. The van der Waals surface area contributed by atoms with Crippen LogP contribution in [0.2, 0.25) is 0 Å². The van der Waals surface area contributed by atoms with E-state index in [2.05, 4.69) is 39.9 Å². The number of aliphatic imine (C=N–C) groups is 1. The number of para-hydroxylation sites is 1. The zero-order valence-electron chi connectivity index (χ0n) is 12.5. The SMILES string of the molecule is Cc1ccc(/C(=N/NC2=NCCN2)c2ccccc2N)cc1. The fourth-order valence-corrected chi connectivity index (χ4v) is 2.29. The number of hydrazone groups is 1. The van der Waals surface area contributed by atoms with Crippen LogP contribution in [0.3, 0.4) is 0 Å². The second kappa shape index (κ2) is 6.30. The summed E-state index contributed by atoms with van der Waals surface area (Å²) < 4.78 is 0. The molecular weight excluding hydrogens is 274 g/mol. The second-order valence-corrected chi connectivity index (χ2v) is 5.18. The lowest BCUT2D eigenvalue weighted by molar-refractivity contribution is 0.917. The summed E-state index contributed by atoms with van der Waals surface area (Å²) in [6, 6.07) is 16.0. The molecule has 4 N–H and O–H groups in total. The van der Waals surface area contributed by atoms with Gasteiger partial charge in [0.15, 0.2) is 0 Å². The lowest BCUT2D eigenvalue weighted by Crippen LogP contribution is -2.31. The minimum atomic E-state index is 0.694. The Morgan fingerprint density at radius 3 is 2.64 bits per heavy atom. The number of nitrogen functional groups attached to an aromatic ring is 1. The molecule has 1 aliphatic heterocycles. The van der Waals surface area contributed by atoms with Gasteiger partial charge in [0.1, 0.15) is 0 Å². The third-order valence-electron chi connectivity index (χ3n) is 3.49. The predicted octanol–water partition coefficient (Wildman–Crippen LogP) is 1.88. The molecule has 0 atom stereocenters. The highest BCUT2D eigenvalue weighted by Gasteiger charge is 2.11. The van der Waals surface area contributed by atoms with Crippen LogP contribution in [0.5, 0.6) is 0 Å². The Labute approximate surface area is 130 Å². The van der Waals surface area contributed by atoms with Gasteiger partial charge in [0.25, 0.3) is 0 Å². The number of rotatable bonds is 3. The molecule has 0 fully saturated rings. The Bertz CT molecular complexity index is 716. The molecule has 1 aliphatic rings. The van der Waals surface area contributed by atoms with Crippen molar-refractivity contribution in [3.05, 3.63) is 65.2 Å². The molecule has 0 unspecified atom stereocenters. The summed E-state index contributed by atoms with van der Waals surface area (Å²) in [5.74, 6) is 0.694. The summed E-state index contributed by atoms with van der Waals surface area (Å²) in [4.78, 5) is 4.29.